The largest absolute Gasteiger partial charge is 0.508 e. The van der Waals surface area contributed by atoms with Crippen LogP contribution in [-0.4, -0.2) is 81.7 Å². The van der Waals surface area contributed by atoms with Crippen molar-refractivity contribution in [1.82, 2.24) is 26.6 Å². The van der Waals surface area contributed by atoms with E-state index in [1.165, 1.54) is 6.07 Å². The summed E-state index contributed by atoms with van der Waals surface area (Å²) in [5, 5.41) is 44.5. The molecule has 0 bridgehead atoms. The number of aliphatic hydroxyl groups excluding tert-OH is 1. The van der Waals surface area contributed by atoms with Crippen molar-refractivity contribution in [3.05, 3.63) is 95.6 Å². The smallest absolute Gasteiger partial charge is 0.255 e. The summed E-state index contributed by atoms with van der Waals surface area (Å²) < 4.78 is 0. The van der Waals surface area contributed by atoms with Gasteiger partial charge in [0.05, 0.1) is 17.1 Å². The maximum absolute atomic E-state index is 13.9. The van der Waals surface area contributed by atoms with E-state index in [9.17, 15) is 39.3 Å². The molecule has 3 rings (SSSR count). The van der Waals surface area contributed by atoms with Crippen LogP contribution in [0.1, 0.15) is 69.4 Å². The maximum Gasteiger partial charge on any atom is 0.255 e. The molecule has 0 spiro atoms. The van der Waals surface area contributed by atoms with Crippen molar-refractivity contribution in [2.75, 3.05) is 6.54 Å². The van der Waals surface area contributed by atoms with E-state index in [1.54, 1.807) is 26.0 Å². The number of carbonyl (C=O) groups is 5. The van der Waals surface area contributed by atoms with Crippen molar-refractivity contribution in [1.29, 1.82) is 0 Å². The van der Waals surface area contributed by atoms with Crippen LogP contribution in [0.15, 0.2) is 78.9 Å². The number of aromatic hydroxyl groups is 2. The molecule has 0 fully saturated rings. The van der Waals surface area contributed by atoms with E-state index >= 15 is 0 Å². The van der Waals surface area contributed by atoms with Gasteiger partial charge in [-0.3, -0.25) is 24.0 Å². The molecule has 3 aromatic rings. The zero-order valence-electron chi connectivity index (χ0n) is 31.6. The van der Waals surface area contributed by atoms with Crippen molar-refractivity contribution in [3.8, 4) is 11.5 Å². The fourth-order valence-corrected chi connectivity index (χ4v) is 5.74. The van der Waals surface area contributed by atoms with Crippen LogP contribution in [0, 0.1) is 11.8 Å². The van der Waals surface area contributed by atoms with Crippen molar-refractivity contribution in [3.63, 3.8) is 0 Å². The minimum absolute atomic E-state index is 0.0661. The molecule has 0 aliphatic carbocycles. The summed E-state index contributed by atoms with van der Waals surface area (Å²) in [4.78, 5) is 66.7. The van der Waals surface area contributed by atoms with Gasteiger partial charge in [0.2, 0.25) is 17.7 Å². The third-order valence-electron chi connectivity index (χ3n) is 8.84. The van der Waals surface area contributed by atoms with Crippen molar-refractivity contribution in [2.24, 2.45) is 17.6 Å². The molecule has 0 radical (unpaired) electrons. The molecule has 0 unspecified atom stereocenters. The van der Waals surface area contributed by atoms with Gasteiger partial charge in [0.25, 0.3) is 11.8 Å². The van der Waals surface area contributed by atoms with Gasteiger partial charge in [-0.15, -0.1) is 0 Å². The van der Waals surface area contributed by atoms with Gasteiger partial charge in [-0.2, -0.15) is 0 Å². The van der Waals surface area contributed by atoms with E-state index < -0.39 is 71.3 Å². The zero-order valence-corrected chi connectivity index (χ0v) is 31.6. The Labute approximate surface area is 316 Å². The topological polar surface area (TPSA) is 232 Å². The minimum atomic E-state index is -1.66. The average molecular weight is 747 g/mol. The number of rotatable bonds is 18. The van der Waals surface area contributed by atoms with Crippen LogP contribution in [0.5, 0.6) is 11.5 Å². The molecule has 54 heavy (non-hydrogen) atoms. The number of nitrogens with one attached hydrogen (secondary N) is 5. The molecule has 10 N–H and O–H groups in total. The number of amides is 5. The molecule has 5 atom stereocenters. The van der Waals surface area contributed by atoms with Gasteiger partial charge < -0.3 is 47.6 Å². The molecule has 5 amide bonds. The van der Waals surface area contributed by atoms with Gasteiger partial charge in [0.15, 0.2) is 6.10 Å². The highest BCUT2D eigenvalue weighted by Gasteiger charge is 2.35. The number of nitrogens with two attached hydrogens (primary N) is 1. The van der Waals surface area contributed by atoms with E-state index in [0.717, 1.165) is 23.3 Å². The SMILES string of the molecule is CC(C)C[C@H](NC(=O)[C@@H](NC(=O)[C@@H](N)CNC(=O)c1cc(O)ccc1O)C(C)C)C(=O)N[C@@H](Cc1ccccc1)[C@@H](O)C(=O)NC(C)(C)c1ccccc1. The number of phenolic OH excluding ortho intramolecular Hbond substituents is 2. The lowest BCUT2D eigenvalue weighted by Crippen LogP contribution is -2.60. The summed E-state index contributed by atoms with van der Waals surface area (Å²) in [5.41, 5.74) is 6.55. The standard InChI is InChI=1S/C40H54N6O8/c1-23(2)19-31(44-38(53)33(24(3)4)45-36(51)29(41)22-42-35(50)28-21-27(47)17-18-32(28)48)37(52)43-30(20-25-13-9-7-10-14-25)34(49)39(54)46-40(5,6)26-15-11-8-12-16-26/h7-18,21,23-24,29-31,33-34,47-49H,19-20,22,41H2,1-6H3,(H,42,50)(H,43,52)(H,44,53)(H,45,51)(H,46,54)/t29-,30-,31-,33-,34+/m0/s1. The first-order valence-electron chi connectivity index (χ1n) is 18.0. The predicted octanol–water partition coefficient (Wildman–Crippen LogP) is 1.97. The third kappa shape index (κ3) is 12.6. The Morgan fingerprint density at radius 1 is 0.759 bits per heavy atom. The highest BCUT2D eigenvalue weighted by atomic mass is 16.3. The highest BCUT2D eigenvalue weighted by molar-refractivity contribution is 5.98. The monoisotopic (exact) mass is 746 g/mol. The van der Waals surface area contributed by atoms with Gasteiger partial charge in [0, 0.05) is 6.54 Å². The van der Waals surface area contributed by atoms with E-state index in [2.05, 4.69) is 26.6 Å². The summed E-state index contributed by atoms with van der Waals surface area (Å²) in [6, 6.07) is 17.1. The Morgan fingerprint density at radius 2 is 1.37 bits per heavy atom. The lowest BCUT2D eigenvalue weighted by molar-refractivity contribution is -0.136. The van der Waals surface area contributed by atoms with Crippen LogP contribution >= 0.6 is 0 Å². The summed E-state index contributed by atoms with van der Waals surface area (Å²) in [5.74, 6) is -4.66. The molecule has 0 saturated heterocycles. The molecule has 292 valence electrons. The van der Waals surface area contributed by atoms with Crippen molar-refractivity contribution >= 4 is 29.5 Å². The molecule has 14 heteroatoms. The molecule has 0 heterocycles. The lowest BCUT2D eigenvalue weighted by Gasteiger charge is -2.32. The zero-order chi connectivity index (χ0) is 40.2. The molecular weight excluding hydrogens is 692 g/mol. The first kappa shape index (κ1) is 42.9. The minimum Gasteiger partial charge on any atom is -0.508 e. The Balaban J connectivity index is 1.74. The van der Waals surface area contributed by atoms with Gasteiger partial charge in [-0.05, 0) is 67.9 Å². The fourth-order valence-electron chi connectivity index (χ4n) is 5.74. The normalized spacial score (nSPS) is 14.3. The number of aliphatic hydroxyl groups is 1. The van der Waals surface area contributed by atoms with Crippen LogP contribution in [-0.2, 0) is 31.1 Å². The van der Waals surface area contributed by atoms with Crippen LogP contribution in [0.4, 0.5) is 0 Å². The van der Waals surface area contributed by atoms with Gasteiger partial charge >= 0.3 is 0 Å². The molecule has 14 nitrogen and oxygen atoms in total. The van der Waals surface area contributed by atoms with E-state index in [4.69, 9.17) is 5.73 Å². The van der Waals surface area contributed by atoms with Crippen LogP contribution < -0.4 is 32.3 Å². The summed E-state index contributed by atoms with van der Waals surface area (Å²) in [6.45, 7) is 10.4. The maximum atomic E-state index is 13.9. The van der Waals surface area contributed by atoms with Gasteiger partial charge in [0.1, 0.15) is 29.6 Å². The number of carbonyl (C=O) groups excluding carboxylic acids is 5. The molecule has 3 aromatic carbocycles. The number of hydrogen-bond donors (Lipinski definition) is 9. The Morgan fingerprint density at radius 3 is 1.96 bits per heavy atom. The second kappa shape index (κ2) is 19.6. The number of hydrogen-bond acceptors (Lipinski definition) is 9. The Bertz CT molecular complexity index is 1730. The fraction of sp³-hybridized carbons (Fsp3) is 0.425. The predicted molar refractivity (Wildman–Crippen MR) is 204 cm³/mol. The van der Waals surface area contributed by atoms with Crippen molar-refractivity contribution < 1.29 is 39.3 Å². The third-order valence-corrected chi connectivity index (χ3v) is 8.84. The van der Waals surface area contributed by atoms with E-state index in [1.807, 2.05) is 76.2 Å². The van der Waals surface area contributed by atoms with Crippen LogP contribution in [0.2, 0.25) is 0 Å². The second-order valence-corrected chi connectivity index (χ2v) is 14.7. The lowest BCUT2D eigenvalue weighted by atomic mass is 9.93. The summed E-state index contributed by atoms with van der Waals surface area (Å²) in [7, 11) is 0. The molecule has 0 aromatic heterocycles. The second-order valence-electron chi connectivity index (χ2n) is 14.7. The van der Waals surface area contributed by atoms with Gasteiger partial charge in [-0.1, -0.05) is 88.4 Å². The number of phenols is 2. The first-order valence-corrected chi connectivity index (χ1v) is 18.0. The van der Waals surface area contributed by atoms with Gasteiger partial charge in [-0.25, -0.2) is 0 Å². The van der Waals surface area contributed by atoms with Crippen molar-refractivity contribution in [2.45, 2.75) is 90.2 Å². The molecule has 0 saturated carbocycles. The first-order chi connectivity index (χ1) is 25.4. The number of benzene rings is 3. The van der Waals surface area contributed by atoms with Crippen LogP contribution in [0.3, 0.4) is 0 Å². The Kier molecular flexibility index (Phi) is 15.6. The quantitative estimate of drug-likeness (QED) is 0.0865. The molecule has 0 aliphatic rings. The van der Waals surface area contributed by atoms with E-state index in [0.29, 0.717) is 0 Å². The summed E-state index contributed by atoms with van der Waals surface area (Å²) >= 11 is 0. The summed E-state index contributed by atoms with van der Waals surface area (Å²) in [6.07, 6.45) is -1.35. The highest BCUT2D eigenvalue weighted by Crippen LogP contribution is 2.22. The molecule has 0 aliphatic heterocycles. The van der Waals surface area contributed by atoms with Crippen LogP contribution in [0.25, 0.3) is 0 Å². The van der Waals surface area contributed by atoms with E-state index in [-0.39, 0.29) is 42.4 Å². The average Bonchev–Trinajstić information content (AvgIpc) is 3.12. The molecular formula is C40H54N6O8. The Hall–Kier alpha value is -5.47.